The second kappa shape index (κ2) is 11.4. The number of hydrogen-bond donors (Lipinski definition) is 0. The molecule has 0 bridgehead atoms. The molecule has 0 fully saturated rings. The molecule has 0 atom stereocenters. The number of rotatable bonds is 8. The smallest absolute Gasteiger partial charge is 0.145 e. The summed E-state index contributed by atoms with van der Waals surface area (Å²) in [5.74, 6) is 2.86. The molecule has 0 aromatic carbocycles. The lowest BCUT2D eigenvalue weighted by Gasteiger charge is -1.97. The molecule has 0 saturated heterocycles. The summed E-state index contributed by atoms with van der Waals surface area (Å²) in [6, 6.07) is 16.9. The van der Waals surface area contributed by atoms with Gasteiger partial charge in [0.2, 0.25) is 0 Å². The van der Waals surface area contributed by atoms with Crippen LogP contribution in [-0.4, -0.2) is 6.26 Å². The Balaban J connectivity index is 1.78. The Morgan fingerprint density at radius 2 is 1.70 bits per heavy atom. The number of nitrogens with zero attached hydrogens (tertiary/aromatic N) is 4. The minimum absolute atomic E-state index is 0.0231. The zero-order chi connectivity index (χ0) is 23.6. The van der Waals surface area contributed by atoms with Crippen molar-refractivity contribution >= 4 is 29.2 Å². The van der Waals surface area contributed by atoms with Crippen LogP contribution in [0, 0.1) is 45.3 Å². The van der Waals surface area contributed by atoms with Crippen LogP contribution >= 0.6 is 23.1 Å². The Labute approximate surface area is 199 Å². The van der Waals surface area contributed by atoms with Gasteiger partial charge in [-0.3, -0.25) is 0 Å². The summed E-state index contributed by atoms with van der Waals surface area (Å²) < 4.78 is 11.9. The van der Waals surface area contributed by atoms with Crippen molar-refractivity contribution in [1.29, 1.82) is 21.0 Å². The van der Waals surface area contributed by atoms with Crippen molar-refractivity contribution in [2.75, 3.05) is 6.26 Å². The highest BCUT2D eigenvalue weighted by atomic mass is 32.2. The third-order valence-corrected chi connectivity index (χ3v) is 6.47. The quantitative estimate of drug-likeness (QED) is 0.200. The molecule has 33 heavy (non-hydrogen) atoms. The number of furan rings is 2. The van der Waals surface area contributed by atoms with Crippen molar-refractivity contribution in [3.05, 3.63) is 71.2 Å². The van der Waals surface area contributed by atoms with E-state index >= 15 is 0 Å². The van der Waals surface area contributed by atoms with Crippen molar-refractivity contribution in [3.8, 4) is 45.6 Å². The molecule has 0 unspecified atom stereocenters. The van der Waals surface area contributed by atoms with E-state index in [-0.39, 0.29) is 11.1 Å². The van der Waals surface area contributed by atoms with E-state index < -0.39 is 0 Å². The molecule has 0 amide bonds. The molecule has 0 N–H and O–H groups in total. The predicted octanol–water partition coefficient (Wildman–Crippen LogP) is 6.88. The van der Waals surface area contributed by atoms with Crippen LogP contribution in [0.25, 0.3) is 27.4 Å². The molecule has 8 heteroatoms. The highest BCUT2D eigenvalue weighted by molar-refractivity contribution is 7.99. The fourth-order valence-electron chi connectivity index (χ4n) is 2.84. The molecule has 0 aliphatic rings. The maximum atomic E-state index is 8.81. The van der Waals surface area contributed by atoms with Crippen LogP contribution in [0.4, 0.5) is 0 Å². The van der Waals surface area contributed by atoms with Crippen molar-refractivity contribution < 1.29 is 8.83 Å². The number of nitriles is 4. The first-order valence-electron chi connectivity index (χ1n) is 9.67. The van der Waals surface area contributed by atoms with Gasteiger partial charge in [-0.15, -0.1) is 23.1 Å². The zero-order valence-electron chi connectivity index (χ0n) is 17.5. The molecule has 160 valence electrons. The van der Waals surface area contributed by atoms with E-state index in [0.717, 1.165) is 26.2 Å². The second-order valence-electron chi connectivity index (χ2n) is 6.52. The zero-order valence-corrected chi connectivity index (χ0v) is 19.2. The van der Waals surface area contributed by atoms with E-state index in [1.807, 2.05) is 42.7 Å². The second-order valence-corrected chi connectivity index (χ2v) is 8.42. The first-order chi connectivity index (χ1) is 16.1. The maximum absolute atomic E-state index is 8.81. The van der Waals surface area contributed by atoms with E-state index in [4.69, 9.17) is 29.9 Å². The molecule has 3 aromatic rings. The van der Waals surface area contributed by atoms with Gasteiger partial charge in [0.15, 0.2) is 0 Å². The van der Waals surface area contributed by atoms with Crippen molar-refractivity contribution in [2.24, 2.45) is 0 Å². The Morgan fingerprint density at radius 1 is 0.970 bits per heavy atom. The van der Waals surface area contributed by atoms with Crippen molar-refractivity contribution in [3.63, 3.8) is 0 Å². The third kappa shape index (κ3) is 5.94. The first kappa shape index (κ1) is 23.5. The van der Waals surface area contributed by atoms with Gasteiger partial charge in [-0.2, -0.15) is 21.0 Å². The van der Waals surface area contributed by atoms with Crippen LogP contribution in [0.5, 0.6) is 0 Å². The summed E-state index contributed by atoms with van der Waals surface area (Å²) in [5.41, 5.74) is 0.128. The normalized spacial score (nSPS) is 10.1. The largest absolute Gasteiger partial charge is 0.460 e. The van der Waals surface area contributed by atoms with Crippen LogP contribution in [0.3, 0.4) is 0 Å². The molecule has 3 heterocycles. The van der Waals surface area contributed by atoms with Gasteiger partial charge in [0.05, 0.1) is 9.75 Å². The molecule has 3 rings (SSSR count). The fourth-order valence-corrected chi connectivity index (χ4v) is 4.79. The first-order valence-corrected chi connectivity index (χ1v) is 11.7. The number of thioether (sulfide) groups is 1. The fraction of sp³-hybridized carbons (Fsp3) is 0.120. The van der Waals surface area contributed by atoms with E-state index in [0.29, 0.717) is 24.4 Å². The maximum Gasteiger partial charge on any atom is 0.145 e. The third-order valence-electron chi connectivity index (χ3n) is 4.42. The van der Waals surface area contributed by atoms with Crippen LogP contribution < -0.4 is 0 Å². The Morgan fingerprint density at radius 3 is 2.39 bits per heavy atom. The lowest BCUT2D eigenvalue weighted by atomic mass is 10.2. The summed E-state index contributed by atoms with van der Waals surface area (Å²) in [6.45, 7) is 0. The molecule has 0 radical (unpaired) electrons. The monoisotopic (exact) mass is 468 g/mol. The van der Waals surface area contributed by atoms with Crippen LogP contribution in [-0.2, 0) is 6.42 Å². The summed E-state index contributed by atoms with van der Waals surface area (Å²) in [4.78, 5) is 3.02. The molecular weight excluding hydrogens is 452 g/mol. The lowest BCUT2D eigenvalue weighted by molar-refractivity contribution is 0.523. The Kier molecular flexibility index (Phi) is 8.12. The molecule has 0 spiro atoms. The molecule has 0 aliphatic heterocycles. The van der Waals surface area contributed by atoms with Crippen molar-refractivity contribution in [2.45, 2.75) is 17.7 Å². The summed E-state index contributed by atoms with van der Waals surface area (Å²) in [6.07, 6.45) is 9.49. The van der Waals surface area contributed by atoms with Crippen molar-refractivity contribution in [1.82, 2.24) is 0 Å². The molecule has 6 nitrogen and oxygen atoms in total. The topological polar surface area (TPSA) is 121 Å². The van der Waals surface area contributed by atoms with Crippen LogP contribution in [0.2, 0.25) is 0 Å². The van der Waals surface area contributed by atoms with Gasteiger partial charge in [-0.05, 0) is 55.2 Å². The Hall–Kier alpha value is -4.21. The average Bonchev–Trinajstić information content (AvgIpc) is 3.58. The van der Waals surface area contributed by atoms with Gasteiger partial charge in [0.25, 0.3) is 0 Å². The van der Waals surface area contributed by atoms with E-state index in [2.05, 4.69) is 6.07 Å². The van der Waals surface area contributed by atoms with Crippen LogP contribution in [0.1, 0.15) is 17.9 Å². The van der Waals surface area contributed by atoms with Gasteiger partial charge in [-0.1, -0.05) is 12.2 Å². The molecule has 0 saturated carbocycles. The summed E-state index contributed by atoms with van der Waals surface area (Å²) in [5, 5.41) is 35.2. The van der Waals surface area contributed by atoms with Crippen LogP contribution in [0.15, 0.2) is 73.4 Å². The van der Waals surface area contributed by atoms with Gasteiger partial charge in [0, 0.05) is 11.3 Å². The van der Waals surface area contributed by atoms with Gasteiger partial charge < -0.3 is 8.83 Å². The minimum Gasteiger partial charge on any atom is -0.460 e. The average molecular weight is 469 g/mol. The minimum atomic E-state index is 0.0231. The van der Waals surface area contributed by atoms with Gasteiger partial charge in [-0.25, -0.2) is 0 Å². The highest BCUT2D eigenvalue weighted by Gasteiger charge is 2.17. The standard InChI is InChI=1S/C25H16N4O2S2/c1-32-24-12-23(21-10-8-19(30-21)6-2-4-17(13-26)14-27)33-25(24)22-11-9-20(31-22)7-3-5-18(15-28)16-29/h2,4-6,8-12H,3,7H2,1H3/b6-2+. The molecular formula is C25H16N4O2S2. The predicted molar refractivity (Wildman–Crippen MR) is 127 cm³/mol. The molecule has 3 aromatic heterocycles. The van der Waals surface area contributed by atoms with E-state index in [1.165, 1.54) is 6.08 Å². The number of hydrogen-bond acceptors (Lipinski definition) is 8. The van der Waals surface area contributed by atoms with Gasteiger partial charge in [0.1, 0.15) is 58.5 Å². The Bertz CT molecular complexity index is 1370. The number of allylic oxidation sites excluding steroid dienone is 5. The van der Waals surface area contributed by atoms with E-state index in [9.17, 15) is 0 Å². The SMILES string of the molecule is CSc1cc(-c2ccc(/C=C/C=C(C#N)C#N)o2)sc1-c1ccc(CCC=C(C#N)C#N)o1. The summed E-state index contributed by atoms with van der Waals surface area (Å²) in [7, 11) is 0. The summed E-state index contributed by atoms with van der Waals surface area (Å²) >= 11 is 3.18. The highest BCUT2D eigenvalue weighted by Crippen LogP contribution is 2.43. The number of thiophene rings is 1. The number of aryl methyl sites for hydroxylation is 1. The lowest BCUT2D eigenvalue weighted by Crippen LogP contribution is -1.80. The van der Waals surface area contributed by atoms with E-state index in [1.54, 1.807) is 53.5 Å². The molecule has 0 aliphatic carbocycles. The van der Waals surface area contributed by atoms with Gasteiger partial charge >= 0.3 is 0 Å².